The number of aromatic nitrogens is 2. The van der Waals surface area contributed by atoms with E-state index in [1.807, 2.05) is 42.1 Å². The number of carbonyl (C=O) groups is 1. The first-order valence-corrected chi connectivity index (χ1v) is 7.43. The van der Waals surface area contributed by atoms with E-state index in [1.165, 1.54) is 11.3 Å². The van der Waals surface area contributed by atoms with Crippen molar-refractivity contribution in [3.8, 4) is 5.75 Å². The van der Waals surface area contributed by atoms with Crippen LogP contribution in [-0.2, 0) is 11.3 Å². The monoisotopic (exact) mass is 302 g/mol. The van der Waals surface area contributed by atoms with Gasteiger partial charge in [-0.1, -0.05) is 19.9 Å². The number of rotatable bonds is 7. The van der Waals surface area contributed by atoms with Gasteiger partial charge in [0.05, 0.1) is 19.6 Å². The fourth-order valence-electron chi connectivity index (χ4n) is 2.32. The van der Waals surface area contributed by atoms with E-state index >= 15 is 0 Å². The van der Waals surface area contributed by atoms with Crippen LogP contribution in [0.15, 0.2) is 30.5 Å². The molecule has 1 aromatic heterocycles. The van der Waals surface area contributed by atoms with E-state index in [0.717, 1.165) is 12.1 Å². The Balaban J connectivity index is 2.06. The molecular formula is C17H22N2O3. The summed E-state index contributed by atoms with van der Waals surface area (Å²) in [6.07, 6.45) is 1.83. The van der Waals surface area contributed by atoms with Crippen molar-refractivity contribution in [1.29, 1.82) is 0 Å². The molecule has 118 valence electrons. The van der Waals surface area contributed by atoms with Crippen LogP contribution in [0.2, 0.25) is 0 Å². The van der Waals surface area contributed by atoms with Crippen molar-refractivity contribution in [3.63, 3.8) is 0 Å². The predicted molar refractivity (Wildman–Crippen MR) is 84.3 cm³/mol. The molecule has 5 heteroatoms. The summed E-state index contributed by atoms with van der Waals surface area (Å²) < 4.78 is 7.46. The third kappa shape index (κ3) is 4.10. The summed E-state index contributed by atoms with van der Waals surface area (Å²) in [5.74, 6) is 0.279. The van der Waals surface area contributed by atoms with Gasteiger partial charge >= 0.3 is 5.97 Å². The van der Waals surface area contributed by atoms with Gasteiger partial charge in [-0.05, 0) is 42.2 Å². The van der Waals surface area contributed by atoms with Gasteiger partial charge in [-0.25, -0.2) is 0 Å². The van der Waals surface area contributed by atoms with Gasteiger partial charge in [0.25, 0.3) is 0 Å². The van der Waals surface area contributed by atoms with Gasteiger partial charge < -0.3 is 9.84 Å². The highest BCUT2D eigenvalue weighted by Gasteiger charge is 2.09. The standard InChI is InChI=1S/C17H22N2O3/c1-12(2)16-6-8-18-19(16)11-14-4-5-15(10-13(14)3)22-9-7-17(20)21/h4-6,8,10,12H,7,9,11H2,1-3H3,(H,20,21). The van der Waals surface area contributed by atoms with Crippen LogP contribution >= 0.6 is 0 Å². The molecule has 0 aliphatic carbocycles. The quantitative estimate of drug-likeness (QED) is 0.853. The molecule has 0 unspecified atom stereocenters. The SMILES string of the molecule is Cc1cc(OCCC(=O)O)ccc1Cn1nccc1C(C)C. The molecule has 22 heavy (non-hydrogen) atoms. The Bertz CT molecular complexity index is 647. The smallest absolute Gasteiger partial charge is 0.306 e. The van der Waals surface area contributed by atoms with Gasteiger partial charge in [-0.15, -0.1) is 0 Å². The number of carboxylic acid groups (broad SMARTS) is 1. The molecule has 1 N–H and O–H groups in total. The summed E-state index contributed by atoms with van der Waals surface area (Å²) in [4.78, 5) is 10.5. The first-order valence-electron chi connectivity index (χ1n) is 7.43. The predicted octanol–water partition coefficient (Wildman–Crippen LogP) is 3.22. The lowest BCUT2D eigenvalue weighted by atomic mass is 10.1. The summed E-state index contributed by atoms with van der Waals surface area (Å²) >= 11 is 0. The zero-order valence-electron chi connectivity index (χ0n) is 13.2. The molecule has 5 nitrogen and oxygen atoms in total. The van der Waals surface area contributed by atoms with Gasteiger partial charge in [-0.3, -0.25) is 9.48 Å². The van der Waals surface area contributed by atoms with Crippen LogP contribution in [-0.4, -0.2) is 27.5 Å². The summed E-state index contributed by atoms with van der Waals surface area (Å²) in [7, 11) is 0. The lowest BCUT2D eigenvalue weighted by Gasteiger charge is -2.13. The summed E-state index contributed by atoms with van der Waals surface area (Å²) in [5, 5.41) is 13.0. The molecule has 0 atom stereocenters. The summed E-state index contributed by atoms with van der Waals surface area (Å²) in [6.45, 7) is 7.24. The minimum Gasteiger partial charge on any atom is -0.493 e. The molecule has 0 aliphatic rings. The second-order valence-corrected chi connectivity index (χ2v) is 5.65. The van der Waals surface area contributed by atoms with Crippen LogP contribution in [0.1, 0.15) is 43.0 Å². The number of aryl methyl sites for hydroxylation is 1. The van der Waals surface area contributed by atoms with Gasteiger partial charge in [0.15, 0.2) is 0 Å². The van der Waals surface area contributed by atoms with Gasteiger partial charge in [-0.2, -0.15) is 5.10 Å². The van der Waals surface area contributed by atoms with Gasteiger partial charge in [0.2, 0.25) is 0 Å². The molecule has 1 aromatic carbocycles. The zero-order valence-corrected chi connectivity index (χ0v) is 13.2. The number of hydrogen-bond donors (Lipinski definition) is 1. The van der Waals surface area contributed by atoms with Gasteiger partial charge in [0.1, 0.15) is 5.75 Å². The molecule has 0 amide bonds. The second-order valence-electron chi connectivity index (χ2n) is 5.65. The molecule has 0 saturated carbocycles. The number of hydrogen-bond acceptors (Lipinski definition) is 3. The average Bonchev–Trinajstić information content (AvgIpc) is 2.89. The highest BCUT2D eigenvalue weighted by molar-refractivity contribution is 5.66. The molecule has 0 radical (unpaired) electrons. The maximum Gasteiger partial charge on any atom is 0.306 e. The van der Waals surface area contributed by atoms with E-state index in [2.05, 4.69) is 18.9 Å². The van der Waals surface area contributed by atoms with Crippen molar-refractivity contribution in [3.05, 3.63) is 47.3 Å². The van der Waals surface area contributed by atoms with Crippen molar-refractivity contribution in [2.75, 3.05) is 6.61 Å². The molecule has 0 fully saturated rings. The minimum atomic E-state index is -0.853. The fourth-order valence-corrected chi connectivity index (χ4v) is 2.32. The molecule has 2 rings (SSSR count). The van der Waals surface area contributed by atoms with Crippen molar-refractivity contribution in [2.45, 2.75) is 39.7 Å². The Kier molecular flexibility index (Phi) is 5.20. The Morgan fingerprint density at radius 3 is 2.77 bits per heavy atom. The van der Waals surface area contributed by atoms with Crippen LogP contribution in [0.5, 0.6) is 5.75 Å². The average molecular weight is 302 g/mol. The maximum absolute atomic E-state index is 10.5. The summed E-state index contributed by atoms with van der Waals surface area (Å²) in [6, 6.07) is 7.87. The van der Waals surface area contributed by atoms with Crippen molar-refractivity contribution in [2.24, 2.45) is 0 Å². The molecule has 0 saturated heterocycles. The third-order valence-corrected chi connectivity index (χ3v) is 3.56. The van der Waals surface area contributed by atoms with Crippen LogP contribution in [0.25, 0.3) is 0 Å². The van der Waals surface area contributed by atoms with Crippen molar-refractivity contribution in [1.82, 2.24) is 9.78 Å². The normalized spacial score (nSPS) is 10.9. The lowest BCUT2D eigenvalue weighted by molar-refractivity contribution is -0.137. The molecule has 0 aliphatic heterocycles. The van der Waals surface area contributed by atoms with E-state index in [9.17, 15) is 4.79 Å². The highest BCUT2D eigenvalue weighted by atomic mass is 16.5. The Morgan fingerprint density at radius 1 is 1.36 bits per heavy atom. The van der Waals surface area contributed by atoms with Crippen LogP contribution in [0.3, 0.4) is 0 Å². The minimum absolute atomic E-state index is 0.00579. The number of aliphatic carboxylic acids is 1. The second kappa shape index (κ2) is 7.11. The maximum atomic E-state index is 10.5. The van der Waals surface area contributed by atoms with E-state index < -0.39 is 5.97 Å². The van der Waals surface area contributed by atoms with Gasteiger partial charge in [0, 0.05) is 11.9 Å². The van der Waals surface area contributed by atoms with Crippen molar-refractivity contribution >= 4 is 5.97 Å². The summed E-state index contributed by atoms with van der Waals surface area (Å²) in [5.41, 5.74) is 3.50. The largest absolute Gasteiger partial charge is 0.493 e. The van der Waals surface area contributed by atoms with Crippen LogP contribution in [0, 0.1) is 6.92 Å². The molecule has 1 heterocycles. The first-order chi connectivity index (χ1) is 10.5. The zero-order chi connectivity index (χ0) is 16.1. The van der Waals surface area contributed by atoms with E-state index in [4.69, 9.17) is 9.84 Å². The highest BCUT2D eigenvalue weighted by Crippen LogP contribution is 2.20. The lowest BCUT2D eigenvalue weighted by Crippen LogP contribution is -2.09. The van der Waals surface area contributed by atoms with E-state index in [0.29, 0.717) is 11.7 Å². The number of nitrogens with zero attached hydrogens (tertiary/aromatic N) is 2. The fraction of sp³-hybridized carbons (Fsp3) is 0.412. The van der Waals surface area contributed by atoms with Crippen LogP contribution in [0.4, 0.5) is 0 Å². The Morgan fingerprint density at radius 2 is 2.14 bits per heavy atom. The third-order valence-electron chi connectivity index (χ3n) is 3.56. The van der Waals surface area contributed by atoms with E-state index in [-0.39, 0.29) is 13.0 Å². The molecule has 0 bridgehead atoms. The van der Waals surface area contributed by atoms with E-state index in [1.54, 1.807) is 0 Å². The Labute approximate surface area is 130 Å². The number of benzene rings is 1. The van der Waals surface area contributed by atoms with Crippen LogP contribution < -0.4 is 4.74 Å². The number of carboxylic acids is 1. The first kappa shape index (κ1) is 16.1. The molecular weight excluding hydrogens is 280 g/mol. The number of ether oxygens (including phenoxy) is 1. The van der Waals surface area contributed by atoms with Crippen molar-refractivity contribution < 1.29 is 14.6 Å². The molecule has 2 aromatic rings. The molecule has 0 spiro atoms. The Hall–Kier alpha value is -2.30. The topological polar surface area (TPSA) is 64.3 Å².